The van der Waals surface area contributed by atoms with E-state index in [0.29, 0.717) is 33.6 Å². The van der Waals surface area contributed by atoms with E-state index in [0.717, 1.165) is 15.9 Å². The molecule has 0 fully saturated rings. The molecule has 0 bridgehead atoms. The molecule has 0 atom stereocenters. The molecule has 2 heterocycles. The molecule has 0 aliphatic heterocycles. The Hall–Kier alpha value is -6.40. The Morgan fingerprint density at radius 3 is 1.91 bits per heavy atom. The summed E-state index contributed by atoms with van der Waals surface area (Å²) in [5.74, 6) is -0.581. The van der Waals surface area contributed by atoms with Gasteiger partial charge in [0.05, 0.1) is 11.9 Å². The smallest absolute Gasteiger partial charge is 0.271 e. The Morgan fingerprint density at radius 1 is 0.773 bits per heavy atom. The predicted molar refractivity (Wildman–Crippen MR) is 169 cm³/mol. The summed E-state index contributed by atoms with van der Waals surface area (Å²) >= 11 is 0. The molecule has 4 aromatic carbocycles. The van der Waals surface area contributed by atoms with Crippen molar-refractivity contribution < 1.29 is 4.79 Å². The van der Waals surface area contributed by atoms with Gasteiger partial charge in [-0.25, -0.2) is 14.8 Å². The zero-order chi connectivity index (χ0) is 30.3. The van der Waals surface area contributed by atoms with Gasteiger partial charge in [0.2, 0.25) is 0 Å². The number of rotatable bonds is 8. The molecule has 0 radical (unpaired) electrons. The van der Waals surface area contributed by atoms with E-state index < -0.39 is 18.0 Å². The lowest BCUT2D eigenvalue weighted by molar-refractivity contribution is -0.121. The maximum Gasteiger partial charge on any atom is 0.285 e. The van der Waals surface area contributed by atoms with Crippen LogP contribution in [0.4, 0.5) is 0 Å². The van der Waals surface area contributed by atoms with Crippen molar-refractivity contribution >= 4 is 12.1 Å². The molecule has 0 saturated heterocycles. The number of amides is 1. The number of nitrogens with zero attached hydrogens (tertiary/aromatic N) is 6. The van der Waals surface area contributed by atoms with Crippen molar-refractivity contribution in [2.75, 3.05) is 0 Å². The summed E-state index contributed by atoms with van der Waals surface area (Å²) < 4.78 is 2.75. The van der Waals surface area contributed by atoms with Crippen molar-refractivity contribution in [2.45, 2.75) is 6.54 Å². The second kappa shape index (κ2) is 12.6. The molecular formula is C35H25N7O2. The Bertz CT molecular complexity index is 2050. The monoisotopic (exact) mass is 575 g/mol. The van der Waals surface area contributed by atoms with Crippen LogP contribution >= 0.6 is 0 Å². The molecule has 0 unspecified atom stereocenters. The van der Waals surface area contributed by atoms with Gasteiger partial charge in [-0.2, -0.15) is 20.6 Å². The average Bonchev–Trinajstić information content (AvgIpc) is 3.51. The van der Waals surface area contributed by atoms with Crippen molar-refractivity contribution in [3.05, 3.63) is 149 Å². The fraction of sp³-hybridized carbons (Fsp3) is 0.0286. The van der Waals surface area contributed by atoms with Gasteiger partial charge in [-0.15, -0.1) is 0 Å². The highest BCUT2D eigenvalue weighted by Gasteiger charge is 2.21. The minimum atomic E-state index is -0.666. The lowest BCUT2D eigenvalue weighted by Crippen LogP contribution is -2.33. The van der Waals surface area contributed by atoms with E-state index in [1.165, 1.54) is 6.21 Å². The molecule has 0 aliphatic rings. The van der Waals surface area contributed by atoms with E-state index in [1.807, 2.05) is 134 Å². The molecule has 2 aromatic heterocycles. The average molecular weight is 576 g/mol. The molecule has 0 spiro atoms. The van der Waals surface area contributed by atoms with E-state index in [9.17, 15) is 14.9 Å². The van der Waals surface area contributed by atoms with Gasteiger partial charge in [-0.05, 0) is 17.7 Å². The fourth-order valence-electron chi connectivity index (χ4n) is 4.83. The van der Waals surface area contributed by atoms with Gasteiger partial charge < -0.3 is 0 Å². The molecule has 6 rings (SSSR count). The van der Waals surface area contributed by atoms with E-state index in [2.05, 4.69) is 15.6 Å². The van der Waals surface area contributed by atoms with Crippen LogP contribution in [0.3, 0.4) is 0 Å². The highest BCUT2D eigenvalue weighted by atomic mass is 16.2. The topological polar surface area (TPSA) is 118 Å². The number of para-hydroxylation sites is 1. The molecule has 1 amide bonds. The van der Waals surface area contributed by atoms with Crippen LogP contribution in [-0.4, -0.2) is 31.7 Å². The largest absolute Gasteiger partial charge is 0.285 e. The first-order valence-electron chi connectivity index (χ1n) is 13.8. The second-order valence-corrected chi connectivity index (χ2v) is 9.78. The Morgan fingerprint density at radius 2 is 1.32 bits per heavy atom. The van der Waals surface area contributed by atoms with Crippen LogP contribution in [0, 0.1) is 11.3 Å². The zero-order valence-electron chi connectivity index (χ0n) is 23.4. The van der Waals surface area contributed by atoms with Crippen molar-refractivity contribution in [1.29, 1.82) is 5.26 Å². The zero-order valence-corrected chi connectivity index (χ0v) is 23.4. The van der Waals surface area contributed by atoms with Gasteiger partial charge in [0.15, 0.2) is 0 Å². The number of hydrazone groups is 1. The maximum atomic E-state index is 13.4. The van der Waals surface area contributed by atoms with Gasteiger partial charge in [0, 0.05) is 28.5 Å². The van der Waals surface area contributed by atoms with Crippen molar-refractivity contribution in [2.24, 2.45) is 5.10 Å². The number of aromatic nitrogens is 4. The van der Waals surface area contributed by atoms with Crippen LogP contribution < -0.4 is 11.0 Å². The highest BCUT2D eigenvalue weighted by Crippen LogP contribution is 2.31. The lowest BCUT2D eigenvalue weighted by atomic mass is 9.96. The fourth-order valence-corrected chi connectivity index (χ4v) is 4.83. The van der Waals surface area contributed by atoms with Crippen LogP contribution in [0.1, 0.15) is 11.1 Å². The van der Waals surface area contributed by atoms with Crippen LogP contribution in [-0.2, 0) is 11.3 Å². The van der Waals surface area contributed by atoms with Gasteiger partial charge in [-0.1, -0.05) is 109 Å². The van der Waals surface area contributed by atoms with Gasteiger partial charge in [0.25, 0.3) is 11.5 Å². The predicted octanol–water partition coefficient (Wildman–Crippen LogP) is 5.45. The third kappa shape index (κ3) is 5.82. The molecule has 212 valence electrons. The summed E-state index contributed by atoms with van der Waals surface area (Å²) in [6, 6.07) is 39.8. The molecule has 0 saturated carbocycles. The second-order valence-electron chi connectivity index (χ2n) is 9.78. The maximum absolute atomic E-state index is 13.4. The van der Waals surface area contributed by atoms with Crippen LogP contribution in [0.2, 0.25) is 0 Å². The van der Waals surface area contributed by atoms with E-state index >= 15 is 0 Å². The van der Waals surface area contributed by atoms with Gasteiger partial charge in [-0.3, -0.25) is 9.59 Å². The summed E-state index contributed by atoms with van der Waals surface area (Å²) in [5, 5.41) is 23.5. The summed E-state index contributed by atoms with van der Waals surface area (Å²) in [6.45, 7) is -0.436. The standard InChI is InChI=1S/C35H25N7O2/c36-21-30-32(25-13-5-1-6-14-25)34(27-17-9-3-10-18-27)40-42(35(30)44)24-31(43)38-37-22-28-23-41(29-19-11-4-12-20-29)39-33(28)26-15-7-2-8-16-26/h1-20,22-23H,24H2,(H,38,43). The summed E-state index contributed by atoms with van der Waals surface area (Å²) in [7, 11) is 0. The summed E-state index contributed by atoms with van der Waals surface area (Å²) in [4.78, 5) is 26.4. The quantitative estimate of drug-likeness (QED) is 0.191. The number of carbonyl (C=O) groups excluding carboxylic acids is 1. The van der Waals surface area contributed by atoms with Crippen LogP contribution in [0.5, 0.6) is 0 Å². The number of hydrogen-bond acceptors (Lipinski definition) is 6. The molecular weight excluding hydrogens is 550 g/mol. The van der Waals surface area contributed by atoms with Gasteiger partial charge >= 0.3 is 0 Å². The Labute approximate surface area is 253 Å². The SMILES string of the molecule is N#Cc1c(-c2ccccc2)c(-c2ccccc2)nn(CC(=O)NN=Cc2cn(-c3ccccc3)nc2-c2ccccc2)c1=O. The molecule has 1 N–H and O–H groups in total. The molecule has 44 heavy (non-hydrogen) atoms. The molecule has 9 nitrogen and oxygen atoms in total. The number of nitrogens with one attached hydrogen (secondary N) is 1. The minimum absolute atomic E-state index is 0.0952. The molecule has 9 heteroatoms. The number of hydrogen-bond donors (Lipinski definition) is 1. The van der Waals surface area contributed by atoms with Crippen molar-refractivity contribution in [3.63, 3.8) is 0 Å². The Balaban J connectivity index is 1.30. The highest BCUT2D eigenvalue weighted by molar-refractivity contribution is 5.90. The first-order chi connectivity index (χ1) is 21.6. The van der Waals surface area contributed by atoms with E-state index in [4.69, 9.17) is 5.10 Å². The van der Waals surface area contributed by atoms with Gasteiger partial charge in [0.1, 0.15) is 29.6 Å². The number of carbonyl (C=O) groups is 1. The number of nitriles is 1. The first kappa shape index (κ1) is 27.8. The third-order valence-corrected chi connectivity index (χ3v) is 6.87. The van der Waals surface area contributed by atoms with Crippen molar-refractivity contribution in [3.8, 4) is 45.4 Å². The van der Waals surface area contributed by atoms with Crippen LogP contribution in [0.25, 0.3) is 39.3 Å². The van der Waals surface area contributed by atoms with E-state index in [-0.39, 0.29) is 5.56 Å². The molecule has 6 aromatic rings. The van der Waals surface area contributed by atoms with Crippen molar-refractivity contribution in [1.82, 2.24) is 25.0 Å². The molecule has 0 aliphatic carbocycles. The first-order valence-corrected chi connectivity index (χ1v) is 13.8. The minimum Gasteiger partial charge on any atom is -0.271 e. The summed E-state index contributed by atoms with van der Waals surface area (Å²) in [6.07, 6.45) is 3.34. The van der Waals surface area contributed by atoms with E-state index in [1.54, 1.807) is 4.68 Å². The Kier molecular flexibility index (Phi) is 7.97. The third-order valence-electron chi connectivity index (χ3n) is 6.87. The van der Waals surface area contributed by atoms with Crippen LogP contribution in [0.15, 0.2) is 137 Å². The number of benzene rings is 4. The normalized spacial score (nSPS) is 10.9. The lowest BCUT2D eigenvalue weighted by Gasteiger charge is -2.14. The summed E-state index contributed by atoms with van der Waals surface area (Å²) in [5.41, 5.74) is 7.09.